The lowest BCUT2D eigenvalue weighted by molar-refractivity contribution is -0.0402. The van der Waals surface area contributed by atoms with Crippen molar-refractivity contribution in [3.05, 3.63) is 46.5 Å². The van der Waals surface area contributed by atoms with E-state index in [-0.39, 0.29) is 5.60 Å². The van der Waals surface area contributed by atoms with Crippen LogP contribution >= 0.6 is 11.8 Å². The van der Waals surface area contributed by atoms with Crippen molar-refractivity contribution < 1.29 is 9.47 Å². The van der Waals surface area contributed by atoms with Crippen LogP contribution in [0.1, 0.15) is 42.5 Å². The van der Waals surface area contributed by atoms with Gasteiger partial charge < -0.3 is 19.3 Å². The Morgan fingerprint density at radius 1 is 1.15 bits per heavy atom. The number of nitrogens with zero attached hydrogens (tertiary/aromatic N) is 4. The molecule has 1 fully saturated rings. The number of aromatic nitrogens is 1. The zero-order chi connectivity index (χ0) is 23.4. The normalized spacial score (nSPS) is 18.3. The molecule has 0 radical (unpaired) electrons. The molecular weight excluding hydrogens is 432 g/mol. The molecule has 3 heterocycles. The topological polar surface area (TPSA) is 61.6 Å². The summed E-state index contributed by atoms with van der Waals surface area (Å²) in [6.45, 7) is 8.77. The van der Waals surface area contributed by atoms with E-state index >= 15 is 0 Å². The molecule has 0 amide bonds. The summed E-state index contributed by atoms with van der Waals surface area (Å²) in [5.41, 5.74) is 3.95. The van der Waals surface area contributed by atoms with Crippen LogP contribution in [0.3, 0.4) is 0 Å². The number of methoxy groups -OCH3 is 1. The Morgan fingerprint density at radius 3 is 2.67 bits per heavy atom. The first-order valence-corrected chi connectivity index (χ1v) is 12.7. The summed E-state index contributed by atoms with van der Waals surface area (Å²) in [6, 6.07) is 10.7. The first-order chi connectivity index (χ1) is 15.9. The number of anilines is 1. The van der Waals surface area contributed by atoms with E-state index in [1.807, 2.05) is 12.1 Å². The number of rotatable bonds is 6. The summed E-state index contributed by atoms with van der Waals surface area (Å²) in [4.78, 5) is 9.88. The second-order valence-electron chi connectivity index (χ2n) is 9.50. The molecule has 176 valence electrons. The number of nitriles is 1. The maximum atomic E-state index is 10.1. The highest BCUT2D eigenvalue weighted by Crippen LogP contribution is 2.39. The van der Waals surface area contributed by atoms with E-state index < -0.39 is 0 Å². The number of likely N-dealkylation sites (N-methyl/N-ethyl adjacent to an activating group) is 1. The smallest absolute Gasteiger partial charge is 0.135 e. The fourth-order valence-electron chi connectivity index (χ4n) is 4.52. The Morgan fingerprint density at radius 2 is 1.94 bits per heavy atom. The Kier molecular flexibility index (Phi) is 7.48. The lowest BCUT2D eigenvalue weighted by atomic mass is 9.89. The molecular formula is C26H34N4O2S. The summed E-state index contributed by atoms with van der Waals surface area (Å²) in [5, 5.41) is 11.0. The Labute approximate surface area is 201 Å². The number of fused-ring (bicyclic) bond motifs is 1. The lowest BCUT2D eigenvalue weighted by Crippen LogP contribution is -2.36. The van der Waals surface area contributed by atoms with Gasteiger partial charge >= 0.3 is 0 Å². The quantitative estimate of drug-likeness (QED) is 0.589. The van der Waals surface area contributed by atoms with Gasteiger partial charge in [0, 0.05) is 37.4 Å². The molecule has 0 saturated carbocycles. The minimum absolute atomic E-state index is 0.277. The Bertz CT molecular complexity index is 1020. The van der Waals surface area contributed by atoms with Crippen LogP contribution < -0.4 is 9.64 Å². The summed E-state index contributed by atoms with van der Waals surface area (Å²) in [6.07, 6.45) is 2.76. The minimum atomic E-state index is -0.277. The van der Waals surface area contributed by atoms with Gasteiger partial charge in [-0.2, -0.15) is 5.26 Å². The van der Waals surface area contributed by atoms with Crippen LogP contribution in [0.25, 0.3) is 0 Å². The molecule has 0 spiro atoms. The van der Waals surface area contributed by atoms with Gasteiger partial charge in [0.2, 0.25) is 0 Å². The number of thioether (sulfide) groups is 1. The third-order valence-corrected chi connectivity index (χ3v) is 7.46. The van der Waals surface area contributed by atoms with Crippen LogP contribution in [0.4, 0.5) is 5.82 Å². The molecule has 0 atom stereocenters. The third-order valence-electron chi connectivity index (χ3n) is 6.49. The van der Waals surface area contributed by atoms with Crippen molar-refractivity contribution in [1.29, 1.82) is 5.26 Å². The van der Waals surface area contributed by atoms with Crippen LogP contribution in [-0.2, 0) is 24.2 Å². The van der Waals surface area contributed by atoms with Crippen LogP contribution in [0, 0.1) is 11.3 Å². The number of aryl methyl sites for hydroxylation is 1. The molecule has 33 heavy (non-hydrogen) atoms. The largest absolute Gasteiger partial charge is 0.497 e. The number of hydrogen-bond donors (Lipinski definition) is 0. The van der Waals surface area contributed by atoms with E-state index in [0.717, 1.165) is 84.5 Å². The van der Waals surface area contributed by atoms with Gasteiger partial charge in [0.15, 0.2) is 0 Å². The molecule has 0 unspecified atom stereocenters. The molecule has 1 saturated heterocycles. The molecule has 7 heteroatoms. The van der Waals surface area contributed by atoms with Crippen molar-refractivity contribution in [3.63, 3.8) is 0 Å². The van der Waals surface area contributed by atoms with Crippen molar-refractivity contribution in [1.82, 2.24) is 9.88 Å². The number of benzene rings is 1. The van der Waals surface area contributed by atoms with Crippen molar-refractivity contribution >= 4 is 17.6 Å². The van der Waals surface area contributed by atoms with Crippen molar-refractivity contribution in [2.45, 2.75) is 50.3 Å². The Balaban J connectivity index is 1.63. The number of hydrogen-bond acceptors (Lipinski definition) is 7. The maximum absolute atomic E-state index is 10.1. The van der Waals surface area contributed by atoms with Gasteiger partial charge in [0.1, 0.15) is 22.7 Å². The lowest BCUT2D eigenvalue weighted by Gasteiger charge is -2.35. The number of ether oxygens (including phenoxy) is 2. The fraction of sp³-hybridized carbons (Fsp3) is 0.538. The second-order valence-corrected chi connectivity index (χ2v) is 10.6. The molecule has 0 bridgehead atoms. The first kappa shape index (κ1) is 23.9. The van der Waals surface area contributed by atoms with E-state index in [0.29, 0.717) is 6.61 Å². The molecule has 4 rings (SSSR count). The van der Waals surface area contributed by atoms with Crippen molar-refractivity contribution in [2.24, 2.45) is 0 Å². The van der Waals surface area contributed by atoms with Crippen molar-refractivity contribution in [3.8, 4) is 11.8 Å². The highest BCUT2D eigenvalue weighted by molar-refractivity contribution is 7.99. The SMILES string of the molecule is COc1ccc(CCSc2nc(N3CCCN(C)CC3)c3c(c2C#N)CC(C)(C)OC3)cc1. The van der Waals surface area contributed by atoms with Gasteiger partial charge in [0.25, 0.3) is 0 Å². The van der Waals surface area contributed by atoms with Gasteiger partial charge in [-0.25, -0.2) is 4.98 Å². The van der Waals surface area contributed by atoms with Crippen LogP contribution in [0.2, 0.25) is 0 Å². The third kappa shape index (κ3) is 5.63. The summed E-state index contributed by atoms with van der Waals surface area (Å²) < 4.78 is 11.4. The molecule has 1 aromatic carbocycles. The molecule has 2 aliphatic rings. The van der Waals surface area contributed by atoms with Gasteiger partial charge in [-0.1, -0.05) is 12.1 Å². The average molecular weight is 467 g/mol. The summed E-state index contributed by atoms with van der Waals surface area (Å²) in [7, 11) is 3.86. The van der Waals surface area contributed by atoms with Gasteiger partial charge in [-0.15, -0.1) is 11.8 Å². The van der Waals surface area contributed by atoms with Crippen LogP contribution in [0.15, 0.2) is 29.3 Å². The Hall–Kier alpha value is -2.27. The highest BCUT2D eigenvalue weighted by Gasteiger charge is 2.33. The summed E-state index contributed by atoms with van der Waals surface area (Å²) >= 11 is 1.69. The van der Waals surface area contributed by atoms with E-state index in [1.54, 1.807) is 18.9 Å². The molecule has 2 aliphatic heterocycles. The first-order valence-electron chi connectivity index (χ1n) is 11.7. The van der Waals surface area contributed by atoms with Crippen molar-refractivity contribution in [2.75, 3.05) is 51.0 Å². The molecule has 2 aromatic rings. The zero-order valence-corrected chi connectivity index (χ0v) is 21.0. The highest BCUT2D eigenvalue weighted by atomic mass is 32.2. The monoisotopic (exact) mass is 466 g/mol. The predicted molar refractivity (Wildman–Crippen MR) is 133 cm³/mol. The fourth-order valence-corrected chi connectivity index (χ4v) is 5.52. The number of pyridine rings is 1. The van der Waals surface area contributed by atoms with E-state index in [9.17, 15) is 5.26 Å². The van der Waals surface area contributed by atoms with Gasteiger partial charge in [-0.3, -0.25) is 0 Å². The van der Waals surface area contributed by atoms with E-state index in [2.05, 4.69) is 48.9 Å². The maximum Gasteiger partial charge on any atom is 0.135 e. The second kappa shape index (κ2) is 10.3. The van der Waals surface area contributed by atoms with Gasteiger partial charge in [-0.05, 0) is 63.5 Å². The van der Waals surface area contributed by atoms with Crippen LogP contribution in [0.5, 0.6) is 5.75 Å². The summed E-state index contributed by atoms with van der Waals surface area (Å²) in [5.74, 6) is 2.75. The molecule has 6 nitrogen and oxygen atoms in total. The molecule has 0 N–H and O–H groups in total. The minimum Gasteiger partial charge on any atom is -0.497 e. The van der Waals surface area contributed by atoms with Gasteiger partial charge in [0.05, 0.1) is 24.9 Å². The average Bonchev–Trinajstić information content (AvgIpc) is 3.02. The molecule has 0 aliphatic carbocycles. The molecule has 1 aromatic heterocycles. The van der Waals surface area contributed by atoms with E-state index in [1.165, 1.54) is 5.56 Å². The van der Waals surface area contributed by atoms with E-state index in [4.69, 9.17) is 14.5 Å². The zero-order valence-electron chi connectivity index (χ0n) is 20.2. The predicted octanol–water partition coefficient (Wildman–Crippen LogP) is 4.29. The standard InChI is InChI=1S/C26H34N4O2S/c1-26(2)16-21-22(17-27)25(33-15-10-19-6-8-20(31-4)9-7-19)28-24(23(21)18-32-26)30-12-5-11-29(3)13-14-30/h6-9H,5,10-16,18H2,1-4H3. The van der Waals surface area contributed by atoms with Crippen LogP contribution in [-0.4, -0.2) is 61.6 Å².